The van der Waals surface area contributed by atoms with E-state index in [9.17, 15) is 9.18 Å². The van der Waals surface area contributed by atoms with E-state index in [1.807, 2.05) is 6.92 Å². The van der Waals surface area contributed by atoms with Crippen LogP contribution in [0.1, 0.15) is 29.4 Å². The van der Waals surface area contributed by atoms with E-state index in [4.69, 9.17) is 21.4 Å². The molecule has 1 aromatic heterocycles. The summed E-state index contributed by atoms with van der Waals surface area (Å²) in [6.07, 6.45) is 1.46. The quantitative estimate of drug-likeness (QED) is 0.893. The van der Waals surface area contributed by atoms with Crippen LogP contribution in [0.2, 0.25) is 5.02 Å². The molecule has 0 saturated carbocycles. The van der Waals surface area contributed by atoms with Crippen LogP contribution >= 0.6 is 11.6 Å². The number of ether oxygens (including phenoxy) is 1. The van der Waals surface area contributed by atoms with Gasteiger partial charge in [-0.05, 0) is 24.6 Å². The normalized spacial score (nSPS) is 10.4. The van der Waals surface area contributed by atoms with Crippen LogP contribution in [-0.4, -0.2) is 16.1 Å². The first kappa shape index (κ1) is 15.3. The highest BCUT2D eigenvalue weighted by molar-refractivity contribution is 6.30. The van der Waals surface area contributed by atoms with Crippen LogP contribution < -0.4 is 4.74 Å². The molecule has 6 heteroatoms. The molecule has 21 heavy (non-hydrogen) atoms. The maximum Gasteiger partial charge on any atom is 0.335 e. The number of aryl methyl sites for hydroxylation is 1. The van der Waals surface area contributed by atoms with Crippen molar-refractivity contribution in [1.82, 2.24) is 4.98 Å². The van der Waals surface area contributed by atoms with Gasteiger partial charge >= 0.3 is 5.97 Å². The molecule has 1 N–H and O–H groups in total. The second kappa shape index (κ2) is 6.54. The van der Waals surface area contributed by atoms with Gasteiger partial charge < -0.3 is 9.84 Å². The first-order valence-electron chi connectivity index (χ1n) is 6.36. The maximum atomic E-state index is 13.4. The second-order valence-electron chi connectivity index (χ2n) is 4.42. The molecule has 0 aliphatic rings. The summed E-state index contributed by atoms with van der Waals surface area (Å²) in [4.78, 5) is 15.3. The van der Waals surface area contributed by atoms with Crippen molar-refractivity contribution in [3.63, 3.8) is 0 Å². The summed E-state index contributed by atoms with van der Waals surface area (Å²) in [5.41, 5.74) is 0.694. The van der Waals surface area contributed by atoms with Gasteiger partial charge in [-0.1, -0.05) is 24.9 Å². The minimum Gasteiger partial charge on any atom is -0.478 e. The smallest absolute Gasteiger partial charge is 0.335 e. The van der Waals surface area contributed by atoms with Crippen molar-refractivity contribution in [2.45, 2.75) is 19.8 Å². The lowest BCUT2D eigenvalue weighted by molar-refractivity contribution is 0.0696. The second-order valence-corrected chi connectivity index (χ2v) is 4.83. The summed E-state index contributed by atoms with van der Waals surface area (Å²) in [6, 6.07) is 6.77. The van der Waals surface area contributed by atoms with Gasteiger partial charge in [0, 0.05) is 17.8 Å². The standard InChI is InChI=1S/C15H13ClFNO3/c1-2-3-10-6-9(15(19)20)7-14(18-10)21-11-4-5-12(16)13(17)8-11/h4-8H,2-3H2,1H3,(H,19,20). The minimum atomic E-state index is -1.07. The molecular weight excluding hydrogens is 297 g/mol. The Hall–Kier alpha value is -2.14. The van der Waals surface area contributed by atoms with Crippen LogP contribution in [0.3, 0.4) is 0 Å². The fourth-order valence-electron chi connectivity index (χ4n) is 1.78. The lowest BCUT2D eigenvalue weighted by atomic mass is 10.1. The molecule has 0 aliphatic heterocycles. The van der Waals surface area contributed by atoms with Gasteiger partial charge in [0.05, 0.1) is 10.6 Å². The van der Waals surface area contributed by atoms with Crippen LogP contribution in [0.4, 0.5) is 4.39 Å². The van der Waals surface area contributed by atoms with Gasteiger partial charge in [0.25, 0.3) is 0 Å². The van der Waals surface area contributed by atoms with E-state index in [0.29, 0.717) is 12.1 Å². The average molecular weight is 310 g/mol. The highest BCUT2D eigenvalue weighted by Gasteiger charge is 2.10. The molecule has 0 radical (unpaired) electrons. The van der Waals surface area contributed by atoms with Gasteiger partial charge in [0.1, 0.15) is 11.6 Å². The van der Waals surface area contributed by atoms with Crippen molar-refractivity contribution in [1.29, 1.82) is 0 Å². The molecule has 0 atom stereocenters. The average Bonchev–Trinajstić information content (AvgIpc) is 2.43. The SMILES string of the molecule is CCCc1cc(C(=O)O)cc(Oc2ccc(Cl)c(F)c2)n1. The zero-order valence-electron chi connectivity index (χ0n) is 11.3. The number of benzene rings is 1. The molecule has 110 valence electrons. The van der Waals surface area contributed by atoms with Gasteiger partial charge in [-0.2, -0.15) is 0 Å². The van der Waals surface area contributed by atoms with Crippen molar-refractivity contribution in [3.05, 3.63) is 52.4 Å². The van der Waals surface area contributed by atoms with Crippen LogP contribution in [0, 0.1) is 5.82 Å². The fraction of sp³-hybridized carbons (Fsp3) is 0.200. The molecule has 2 aromatic rings. The Labute approximate surface area is 126 Å². The molecule has 1 aromatic carbocycles. The monoisotopic (exact) mass is 309 g/mol. The molecule has 1 heterocycles. The van der Waals surface area contributed by atoms with Crippen LogP contribution in [0.15, 0.2) is 30.3 Å². The Morgan fingerprint density at radius 3 is 2.76 bits per heavy atom. The van der Waals surface area contributed by atoms with Crippen molar-refractivity contribution < 1.29 is 19.0 Å². The number of carboxylic acids is 1. The van der Waals surface area contributed by atoms with E-state index in [-0.39, 0.29) is 22.2 Å². The number of carboxylic acid groups (broad SMARTS) is 1. The third kappa shape index (κ3) is 3.92. The molecular formula is C15H13ClFNO3. The number of aromatic carboxylic acids is 1. The predicted molar refractivity (Wildman–Crippen MR) is 76.7 cm³/mol. The molecule has 0 amide bonds. The Morgan fingerprint density at radius 1 is 1.38 bits per heavy atom. The fourth-order valence-corrected chi connectivity index (χ4v) is 1.90. The minimum absolute atomic E-state index is 0.0127. The molecule has 0 spiro atoms. The lowest BCUT2D eigenvalue weighted by Crippen LogP contribution is -2.02. The first-order chi connectivity index (χ1) is 9.99. The number of hydrogen-bond acceptors (Lipinski definition) is 3. The van der Waals surface area contributed by atoms with E-state index in [2.05, 4.69) is 4.98 Å². The van der Waals surface area contributed by atoms with E-state index >= 15 is 0 Å². The summed E-state index contributed by atoms with van der Waals surface area (Å²) in [7, 11) is 0. The van der Waals surface area contributed by atoms with Crippen molar-refractivity contribution >= 4 is 17.6 Å². The molecule has 0 bridgehead atoms. The van der Waals surface area contributed by atoms with Gasteiger partial charge in [0.15, 0.2) is 0 Å². The van der Waals surface area contributed by atoms with Crippen molar-refractivity contribution in [2.24, 2.45) is 0 Å². The number of carbonyl (C=O) groups is 1. The summed E-state index contributed by atoms with van der Waals surface area (Å²) in [5, 5.41) is 9.08. The third-order valence-electron chi connectivity index (χ3n) is 2.72. The Kier molecular flexibility index (Phi) is 4.75. The maximum absolute atomic E-state index is 13.4. The lowest BCUT2D eigenvalue weighted by Gasteiger charge is -2.08. The summed E-state index contributed by atoms with van der Waals surface area (Å²) in [6.45, 7) is 1.96. The summed E-state index contributed by atoms with van der Waals surface area (Å²) in [5.74, 6) is -1.37. The molecule has 0 fully saturated rings. The number of hydrogen-bond donors (Lipinski definition) is 1. The number of rotatable bonds is 5. The van der Waals surface area contributed by atoms with Crippen LogP contribution in [0.25, 0.3) is 0 Å². The molecule has 0 unspecified atom stereocenters. The molecule has 0 saturated heterocycles. The van der Waals surface area contributed by atoms with Crippen LogP contribution in [-0.2, 0) is 6.42 Å². The third-order valence-corrected chi connectivity index (χ3v) is 3.03. The predicted octanol–water partition coefficient (Wildman–Crippen LogP) is 4.32. The first-order valence-corrected chi connectivity index (χ1v) is 6.74. The Bertz CT molecular complexity index is 676. The van der Waals surface area contributed by atoms with Crippen LogP contribution in [0.5, 0.6) is 11.6 Å². The highest BCUT2D eigenvalue weighted by Crippen LogP contribution is 2.25. The van der Waals surface area contributed by atoms with Gasteiger partial charge in [0.2, 0.25) is 5.88 Å². The Balaban J connectivity index is 2.33. The van der Waals surface area contributed by atoms with Gasteiger partial charge in [-0.15, -0.1) is 0 Å². The molecule has 2 rings (SSSR count). The topological polar surface area (TPSA) is 59.4 Å². The summed E-state index contributed by atoms with van der Waals surface area (Å²) < 4.78 is 18.8. The van der Waals surface area contributed by atoms with E-state index in [0.717, 1.165) is 12.5 Å². The largest absolute Gasteiger partial charge is 0.478 e. The van der Waals surface area contributed by atoms with E-state index in [1.165, 1.54) is 24.3 Å². The zero-order valence-corrected chi connectivity index (χ0v) is 12.0. The number of aromatic nitrogens is 1. The molecule has 4 nitrogen and oxygen atoms in total. The molecule has 0 aliphatic carbocycles. The van der Waals surface area contributed by atoms with Crippen molar-refractivity contribution in [2.75, 3.05) is 0 Å². The van der Waals surface area contributed by atoms with E-state index in [1.54, 1.807) is 0 Å². The number of halogens is 2. The van der Waals surface area contributed by atoms with Gasteiger partial charge in [-0.25, -0.2) is 14.2 Å². The highest BCUT2D eigenvalue weighted by atomic mass is 35.5. The number of pyridine rings is 1. The Morgan fingerprint density at radius 2 is 2.14 bits per heavy atom. The number of nitrogens with zero attached hydrogens (tertiary/aromatic N) is 1. The zero-order chi connectivity index (χ0) is 15.4. The van der Waals surface area contributed by atoms with Gasteiger partial charge in [-0.3, -0.25) is 0 Å². The van der Waals surface area contributed by atoms with Crippen molar-refractivity contribution in [3.8, 4) is 11.6 Å². The summed E-state index contributed by atoms with van der Waals surface area (Å²) >= 11 is 5.59. The van der Waals surface area contributed by atoms with E-state index < -0.39 is 11.8 Å².